The van der Waals surface area contributed by atoms with Crippen LogP contribution in [-0.2, 0) is 6.42 Å². The monoisotopic (exact) mass is 257 g/mol. The van der Waals surface area contributed by atoms with Crippen LogP contribution in [0.1, 0.15) is 19.4 Å². The molecule has 1 aromatic carbocycles. The Kier molecular flexibility index (Phi) is 5.45. The van der Waals surface area contributed by atoms with Crippen LogP contribution in [0.15, 0.2) is 29.3 Å². The van der Waals surface area contributed by atoms with Gasteiger partial charge in [0, 0.05) is 11.6 Å². The molecule has 94 valence electrons. The fourth-order valence-corrected chi connectivity index (χ4v) is 1.48. The predicted octanol–water partition coefficient (Wildman–Crippen LogP) is 3.24. The van der Waals surface area contributed by atoms with E-state index in [2.05, 4.69) is 0 Å². The Morgan fingerprint density at radius 2 is 2.29 bits per heavy atom. The van der Waals surface area contributed by atoms with Crippen LogP contribution in [0.3, 0.4) is 0 Å². The van der Waals surface area contributed by atoms with Gasteiger partial charge in [-0.15, -0.1) is 0 Å². The number of rotatable bonds is 5. The summed E-state index contributed by atoms with van der Waals surface area (Å²) in [5.74, 6) is 0.374. The van der Waals surface area contributed by atoms with Crippen molar-refractivity contribution in [2.24, 2.45) is 5.73 Å². The summed E-state index contributed by atoms with van der Waals surface area (Å²) in [5.41, 5.74) is 8.87. The molecule has 0 aliphatic rings. The van der Waals surface area contributed by atoms with Gasteiger partial charge >= 0.3 is 0 Å². The fourth-order valence-electron chi connectivity index (χ4n) is 1.42. The van der Waals surface area contributed by atoms with Gasteiger partial charge < -0.3 is 10.5 Å². The van der Waals surface area contributed by atoms with E-state index in [1.54, 1.807) is 6.07 Å². The molecule has 1 aromatic rings. The summed E-state index contributed by atoms with van der Waals surface area (Å²) in [6, 6.07) is 4.41. The lowest BCUT2D eigenvalue weighted by Crippen LogP contribution is -2.18. The van der Waals surface area contributed by atoms with Crippen molar-refractivity contribution in [1.82, 2.24) is 0 Å². The van der Waals surface area contributed by atoms with E-state index in [0.29, 0.717) is 18.8 Å². The first kappa shape index (κ1) is 14.0. The van der Waals surface area contributed by atoms with E-state index < -0.39 is 0 Å². The molecular formula is C13H17ClFNO. The van der Waals surface area contributed by atoms with E-state index in [-0.39, 0.29) is 11.9 Å². The molecule has 4 heteroatoms. The molecule has 0 aliphatic heterocycles. The predicted molar refractivity (Wildman–Crippen MR) is 68.9 cm³/mol. The number of hydrogen-bond donors (Lipinski definition) is 1. The van der Waals surface area contributed by atoms with Crippen molar-refractivity contribution in [2.45, 2.75) is 26.3 Å². The van der Waals surface area contributed by atoms with E-state index in [1.807, 2.05) is 13.8 Å². The van der Waals surface area contributed by atoms with E-state index in [0.717, 1.165) is 11.1 Å². The van der Waals surface area contributed by atoms with Gasteiger partial charge in [0.05, 0.1) is 0 Å². The Hall–Kier alpha value is -1.06. The minimum Gasteiger partial charge on any atom is -0.489 e. The lowest BCUT2D eigenvalue weighted by atomic mass is 10.1. The second-order valence-electron chi connectivity index (χ2n) is 4.18. The van der Waals surface area contributed by atoms with Gasteiger partial charge in [-0.3, -0.25) is 0 Å². The number of hydrogen-bond acceptors (Lipinski definition) is 2. The van der Waals surface area contributed by atoms with Crippen molar-refractivity contribution in [2.75, 3.05) is 6.61 Å². The molecule has 0 aliphatic carbocycles. The standard InChI is InChI=1S/C13H17ClFNO/c1-9(7-14)8-17-13-4-3-12(15)6-11(13)5-10(2)16/h3-4,6-7,10H,5,8,16H2,1-2H3/b9-7+. The summed E-state index contributed by atoms with van der Waals surface area (Å²) in [4.78, 5) is 0. The van der Waals surface area contributed by atoms with Crippen molar-refractivity contribution < 1.29 is 9.13 Å². The average molecular weight is 258 g/mol. The third-order valence-electron chi connectivity index (χ3n) is 2.21. The van der Waals surface area contributed by atoms with Gasteiger partial charge in [-0.25, -0.2) is 4.39 Å². The first-order chi connectivity index (χ1) is 8.02. The maximum absolute atomic E-state index is 13.1. The Bertz CT molecular complexity index is 404. The molecule has 1 rings (SSSR count). The molecule has 17 heavy (non-hydrogen) atoms. The van der Waals surface area contributed by atoms with Crippen molar-refractivity contribution >= 4 is 11.6 Å². The molecule has 2 N–H and O–H groups in total. The van der Waals surface area contributed by atoms with Crippen molar-refractivity contribution in [3.8, 4) is 5.75 Å². The molecule has 0 fully saturated rings. The molecule has 0 heterocycles. The maximum Gasteiger partial charge on any atom is 0.123 e. The summed E-state index contributed by atoms with van der Waals surface area (Å²) in [6.07, 6.45) is 0.580. The first-order valence-electron chi connectivity index (χ1n) is 5.45. The maximum atomic E-state index is 13.1. The molecule has 0 aromatic heterocycles. The highest BCUT2D eigenvalue weighted by atomic mass is 35.5. The SMILES string of the molecule is C/C(=C\Cl)COc1ccc(F)cc1CC(C)N. The van der Waals surface area contributed by atoms with E-state index in [4.69, 9.17) is 22.1 Å². The van der Waals surface area contributed by atoms with E-state index >= 15 is 0 Å². The molecule has 0 saturated heterocycles. The van der Waals surface area contributed by atoms with Gasteiger partial charge in [-0.2, -0.15) is 0 Å². The van der Waals surface area contributed by atoms with Crippen LogP contribution in [0.25, 0.3) is 0 Å². The first-order valence-corrected chi connectivity index (χ1v) is 5.89. The zero-order valence-electron chi connectivity index (χ0n) is 10.0. The third-order valence-corrected chi connectivity index (χ3v) is 2.58. The van der Waals surface area contributed by atoms with Crippen LogP contribution < -0.4 is 10.5 Å². The Labute approximate surface area is 106 Å². The zero-order valence-corrected chi connectivity index (χ0v) is 10.8. The zero-order chi connectivity index (χ0) is 12.8. The lowest BCUT2D eigenvalue weighted by molar-refractivity contribution is 0.347. The minimum absolute atomic E-state index is 0.0381. The highest BCUT2D eigenvalue weighted by Gasteiger charge is 2.08. The Morgan fingerprint density at radius 1 is 1.59 bits per heavy atom. The summed E-state index contributed by atoms with van der Waals surface area (Å²) < 4.78 is 18.7. The van der Waals surface area contributed by atoms with Crippen LogP contribution in [0.5, 0.6) is 5.75 Å². The fraction of sp³-hybridized carbons (Fsp3) is 0.385. The van der Waals surface area contributed by atoms with Crippen molar-refractivity contribution in [1.29, 1.82) is 0 Å². The molecule has 0 saturated carbocycles. The van der Waals surface area contributed by atoms with Crippen molar-refractivity contribution in [3.05, 3.63) is 40.7 Å². The highest BCUT2D eigenvalue weighted by Crippen LogP contribution is 2.21. The quantitative estimate of drug-likeness (QED) is 0.879. The summed E-state index contributed by atoms with van der Waals surface area (Å²) >= 11 is 5.55. The second-order valence-corrected chi connectivity index (χ2v) is 4.40. The summed E-state index contributed by atoms with van der Waals surface area (Å²) in [5, 5.41) is 0. The van der Waals surface area contributed by atoms with Crippen LogP contribution in [0.4, 0.5) is 4.39 Å². The Balaban J connectivity index is 2.82. The van der Waals surface area contributed by atoms with Crippen LogP contribution in [-0.4, -0.2) is 12.6 Å². The topological polar surface area (TPSA) is 35.2 Å². The van der Waals surface area contributed by atoms with Gasteiger partial charge in [0.15, 0.2) is 0 Å². The molecule has 1 unspecified atom stereocenters. The smallest absolute Gasteiger partial charge is 0.123 e. The van der Waals surface area contributed by atoms with Gasteiger partial charge in [-0.05, 0) is 49.6 Å². The summed E-state index contributed by atoms with van der Waals surface area (Å²) in [6.45, 7) is 4.13. The third kappa shape index (κ3) is 4.75. The molecule has 0 spiro atoms. The molecule has 0 amide bonds. The van der Waals surface area contributed by atoms with Crippen LogP contribution in [0, 0.1) is 5.82 Å². The number of benzene rings is 1. The second kappa shape index (κ2) is 6.62. The minimum atomic E-state index is -0.280. The molecule has 0 radical (unpaired) electrons. The number of nitrogens with two attached hydrogens (primary N) is 1. The number of halogens is 2. The molecular weight excluding hydrogens is 241 g/mol. The molecule has 1 atom stereocenters. The van der Waals surface area contributed by atoms with Gasteiger partial charge in [0.25, 0.3) is 0 Å². The van der Waals surface area contributed by atoms with Gasteiger partial charge in [-0.1, -0.05) is 11.6 Å². The molecule has 0 bridgehead atoms. The van der Waals surface area contributed by atoms with Gasteiger partial charge in [0.2, 0.25) is 0 Å². The van der Waals surface area contributed by atoms with Crippen molar-refractivity contribution in [3.63, 3.8) is 0 Å². The van der Waals surface area contributed by atoms with Crippen LogP contribution in [0.2, 0.25) is 0 Å². The average Bonchev–Trinajstić information content (AvgIpc) is 2.26. The normalized spacial score (nSPS) is 13.6. The number of ether oxygens (including phenoxy) is 1. The lowest BCUT2D eigenvalue weighted by Gasteiger charge is -2.13. The highest BCUT2D eigenvalue weighted by molar-refractivity contribution is 6.25. The van der Waals surface area contributed by atoms with E-state index in [9.17, 15) is 4.39 Å². The largest absolute Gasteiger partial charge is 0.489 e. The Morgan fingerprint density at radius 3 is 2.88 bits per heavy atom. The van der Waals surface area contributed by atoms with Gasteiger partial charge in [0.1, 0.15) is 18.2 Å². The van der Waals surface area contributed by atoms with E-state index in [1.165, 1.54) is 17.7 Å². The summed E-state index contributed by atoms with van der Waals surface area (Å²) in [7, 11) is 0. The molecule has 2 nitrogen and oxygen atoms in total. The van der Waals surface area contributed by atoms with Crippen LogP contribution >= 0.6 is 11.6 Å².